The maximum atomic E-state index is 13.7. The molecule has 56 heavy (non-hydrogen) atoms. The molecule has 3 unspecified atom stereocenters. The summed E-state index contributed by atoms with van der Waals surface area (Å²) in [5.74, 6) is -0.592. The number of allylic oxidation sites excluding steroid dienone is 8. The number of aliphatic hydroxyl groups is 1. The zero-order chi connectivity index (χ0) is 41.1. The van der Waals surface area contributed by atoms with Crippen LogP contribution in [0.4, 0.5) is 5.13 Å². The van der Waals surface area contributed by atoms with Crippen LogP contribution in [-0.2, 0) is 9.63 Å². The number of nitrogens with one attached hydrogen (secondary N) is 4. The van der Waals surface area contributed by atoms with Gasteiger partial charge in [-0.05, 0) is 105 Å². The Morgan fingerprint density at radius 3 is 2.43 bits per heavy atom. The lowest BCUT2D eigenvalue weighted by Crippen LogP contribution is -2.59. The topological polar surface area (TPSA) is 145 Å². The number of carbonyl (C=O) groups excluding carboxylic acids is 1. The lowest BCUT2D eigenvalue weighted by atomic mass is 9.48. The van der Waals surface area contributed by atoms with Crippen molar-refractivity contribution in [3.8, 4) is 0 Å². The summed E-state index contributed by atoms with van der Waals surface area (Å²) in [5.41, 5.74) is 8.60. The molecule has 2 bridgehead atoms. The molecule has 0 saturated heterocycles. The molecule has 10 nitrogen and oxygen atoms in total. The summed E-state index contributed by atoms with van der Waals surface area (Å²) in [6.45, 7) is 27.8. The van der Waals surface area contributed by atoms with Gasteiger partial charge in [-0.3, -0.25) is 14.9 Å². The Balaban J connectivity index is 1.46. The van der Waals surface area contributed by atoms with Crippen LogP contribution in [0.15, 0.2) is 96.9 Å². The Labute approximate surface area is 335 Å². The van der Waals surface area contributed by atoms with Gasteiger partial charge in [0.25, 0.3) is 5.91 Å². The van der Waals surface area contributed by atoms with E-state index in [-0.39, 0.29) is 39.2 Å². The van der Waals surface area contributed by atoms with Gasteiger partial charge in [-0.25, -0.2) is 20.4 Å². The first-order valence-corrected chi connectivity index (χ1v) is 19.8. The summed E-state index contributed by atoms with van der Waals surface area (Å²) in [5, 5.41) is 26.4. The van der Waals surface area contributed by atoms with Gasteiger partial charge in [0.05, 0.1) is 11.3 Å². The molecular formula is C45H57N7O3S. The van der Waals surface area contributed by atoms with Crippen LogP contribution in [0.25, 0.3) is 27.3 Å². The van der Waals surface area contributed by atoms with Crippen LogP contribution in [0.3, 0.4) is 0 Å². The van der Waals surface area contributed by atoms with Gasteiger partial charge < -0.3 is 15.8 Å². The van der Waals surface area contributed by atoms with Gasteiger partial charge in [0, 0.05) is 54.0 Å². The summed E-state index contributed by atoms with van der Waals surface area (Å²) in [6, 6.07) is 7.30. The van der Waals surface area contributed by atoms with E-state index in [1.165, 1.54) is 17.6 Å². The molecule has 3 atom stereocenters. The summed E-state index contributed by atoms with van der Waals surface area (Å²) in [4.78, 5) is 34.5. The SMILES string of the molecule is C=C\C(=C/C(C(=C)C)=C(/C=C\C)C(=O)Nc1nc2cccnc2s1)c1ccc(/C(C=N)=C(\C)NCC2(C)CC3(C)CC(C)(C)CC(ONC)(C2)C3)c(C(=C)O)n1. The molecule has 1 amide bonds. The molecule has 2 saturated carbocycles. The number of hydrogen-bond acceptors (Lipinski definition) is 10. The summed E-state index contributed by atoms with van der Waals surface area (Å²) >= 11 is 1.29. The Bertz CT molecular complexity index is 2160. The highest BCUT2D eigenvalue weighted by Crippen LogP contribution is 2.62. The number of hydroxylamine groups is 1. The maximum Gasteiger partial charge on any atom is 0.258 e. The predicted molar refractivity (Wildman–Crippen MR) is 232 cm³/mol. The maximum absolute atomic E-state index is 13.7. The number of aliphatic hydroxyl groups excluding tert-OH is 1. The molecule has 3 aromatic rings. The van der Waals surface area contributed by atoms with Gasteiger partial charge in [0.15, 0.2) is 5.13 Å². The highest BCUT2D eigenvalue weighted by atomic mass is 32.1. The molecular weight excluding hydrogens is 719 g/mol. The Hall–Kier alpha value is -4.97. The average molecular weight is 776 g/mol. The second kappa shape index (κ2) is 16.6. The first kappa shape index (κ1) is 42.2. The van der Waals surface area contributed by atoms with Crippen LogP contribution < -0.4 is 16.1 Å². The standard InChI is InChI=1S/C45H57N7O3S/c1-12-15-33(39(54)52-41-51-37-16-14-19-48-40(37)56-41)34(28(3)4)20-31(13-2)36-18-17-32(38(50-36)30(6)53)35(21-46)29(5)49-27-44(10)24-43(9)22-42(7,8)23-45(25-43,26-44)55-47-11/h12-21,46-47,49,53H,2-3,6,22-27H2,1,4-5,7-11H3,(H,51,52,54)/b15-12-,31-20+,34-33+,35-29+,46-21?. The van der Waals surface area contributed by atoms with Crippen LogP contribution in [0, 0.1) is 21.7 Å². The van der Waals surface area contributed by atoms with Gasteiger partial charge in [-0.2, -0.15) is 0 Å². The fraction of sp³-hybridized carbons (Fsp3) is 0.400. The Morgan fingerprint density at radius 1 is 1.05 bits per heavy atom. The van der Waals surface area contributed by atoms with Gasteiger partial charge in [0.2, 0.25) is 0 Å². The predicted octanol–water partition coefficient (Wildman–Crippen LogP) is 10.1. The highest BCUT2D eigenvalue weighted by Gasteiger charge is 2.58. The van der Waals surface area contributed by atoms with E-state index in [9.17, 15) is 9.90 Å². The van der Waals surface area contributed by atoms with Gasteiger partial charge in [-0.15, -0.1) is 0 Å². The van der Waals surface area contributed by atoms with Crippen molar-refractivity contribution >= 4 is 55.8 Å². The monoisotopic (exact) mass is 775 g/mol. The quantitative estimate of drug-likeness (QED) is 0.0337. The minimum Gasteiger partial charge on any atom is -0.506 e. The Morgan fingerprint density at radius 2 is 1.80 bits per heavy atom. The number of nitrogens with zero attached hydrogens (tertiary/aromatic N) is 3. The van der Waals surface area contributed by atoms with Crippen LogP contribution in [0.5, 0.6) is 0 Å². The third-order valence-corrected chi connectivity index (χ3v) is 11.6. The molecule has 0 aliphatic heterocycles. The summed E-state index contributed by atoms with van der Waals surface area (Å²) < 4.78 is 0. The normalized spacial score (nSPS) is 24.2. The number of rotatable bonds is 15. The Kier molecular flexibility index (Phi) is 12.5. The van der Waals surface area contributed by atoms with E-state index < -0.39 is 0 Å². The molecule has 2 aliphatic rings. The first-order valence-electron chi connectivity index (χ1n) is 19.0. The molecule has 0 aromatic carbocycles. The van der Waals surface area contributed by atoms with Gasteiger partial charge in [0.1, 0.15) is 21.8 Å². The van der Waals surface area contributed by atoms with Crippen LogP contribution in [0.1, 0.15) is 97.5 Å². The lowest BCUT2D eigenvalue weighted by Gasteiger charge is -2.60. The van der Waals surface area contributed by atoms with Crippen LogP contribution >= 0.6 is 11.3 Å². The van der Waals surface area contributed by atoms with Crippen molar-refractivity contribution < 1.29 is 14.7 Å². The van der Waals surface area contributed by atoms with Crippen molar-refractivity contribution in [3.63, 3.8) is 0 Å². The second-order valence-electron chi connectivity index (χ2n) is 16.9. The average Bonchev–Trinajstić information content (AvgIpc) is 3.51. The minimum atomic E-state index is -0.357. The number of amides is 1. The number of fused-ring (bicyclic) bond motifs is 3. The van der Waals surface area contributed by atoms with Crippen LogP contribution in [-0.4, -0.2) is 51.4 Å². The van der Waals surface area contributed by atoms with E-state index in [4.69, 9.17) is 15.2 Å². The molecule has 11 heteroatoms. The van der Waals surface area contributed by atoms with Crippen molar-refractivity contribution in [2.75, 3.05) is 18.9 Å². The van der Waals surface area contributed by atoms with E-state index in [0.717, 1.165) is 42.6 Å². The van der Waals surface area contributed by atoms with E-state index >= 15 is 0 Å². The highest BCUT2D eigenvalue weighted by molar-refractivity contribution is 7.21. The molecule has 3 heterocycles. The van der Waals surface area contributed by atoms with Crippen molar-refractivity contribution in [2.24, 2.45) is 16.2 Å². The zero-order valence-corrected chi connectivity index (χ0v) is 35.0. The zero-order valence-electron chi connectivity index (χ0n) is 34.2. The smallest absolute Gasteiger partial charge is 0.258 e. The molecule has 5 rings (SSSR count). The van der Waals surface area contributed by atoms with Crippen molar-refractivity contribution in [1.29, 1.82) is 5.41 Å². The molecule has 3 aromatic heterocycles. The van der Waals surface area contributed by atoms with E-state index in [1.54, 1.807) is 30.5 Å². The molecule has 5 N–H and O–H groups in total. The fourth-order valence-electron chi connectivity index (χ4n) is 9.72. The lowest BCUT2D eigenvalue weighted by molar-refractivity contribution is -0.214. The number of hydrogen-bond donors (Lipinski definition) is 5. The third kappa shape index (κ3) is 9.34. The van der Waals surface area contributed by atoms with Gasteiger partial charge in [-0.1, -0.05) is 82.6 Å². The summed E-state index contributed by atoms with van der Waals surface area (Å²) in [7, 11) is 1.85. The summed E-state index contributed by atoms with van der Waals surface area (Å²) in [6.07, 6.45) is 15.1. The second-order valence-corrected chi connectivity index (χ2v) is 17.9. The minimum absolute atomic E-state index is 0.0628. The fourth-order valence-corrected chi connectivity index (χ4v) is 10.5. The molecule has 2 fully saturated rings. The number of thiazole rings is 1. The largest absolute Gasteiger partial charge is 0.506 e. The van der Waals surface area contributed by atoms with E-state index in [1.807, 2.05) is 52.1 Å². The van der Waals surface area contributed by atoms with Gasteiger partial charge >= 0.3 is 0 Å². The number of anilines is 1. The number of carbonyl (C=O) groups is 1. The molecule has 0 radical (unpaired) electrons. The number of pyridine rings is 2. The van der Waals surface area contributed by atoms with Crippen molar-refractivity contribution in [2.45, 2.75) is 86.2 Å². The van der Waals surface area contributed by atoms with Crippen molar-refractivity contribution in [3.05, 3.63) is 114 Å². The first-order chi connectivity index (χ1) is 26.4. The van der Waals surface area contributed by atoms with Crippen LogP contribution in [0.2, 0.25) is 0 Å². The van der Waals surface area contributed by atoms with Crippen molar-refractivity contribution in [1.82, 2.24) is 25.7 Å². The molecule has 296 valence electrons. The number of aromatic nitrogens is 3. The molecule has 0 spiro atoms. The van der Waals surface area contributed by atoms with E-state index in [0.29, 0.717) is 56.3 Å². The van der Waals surface area contributed by atoms with E-state index in [2.05, 4.69) is 73.5 Å². The molecule has 2 aliphatic carbocycles. The third-order valence-electron chi connectivity index (χ3n) is 10.7.